The van der Waals surface area contributed by atoms with E-state index in [0.717, 1.165) is 29.3 Å². The van der Waals surface area contributed by atoms with Crippen molar-refractivity contribution >= 4 is 27.6 Å². The van der Waals surface area contributed by atoms with Gasteiger partial charge < -0.3 is 4.90 Å². The maximum atomic E-state index is 13.2. The molecule has 2 unspecified atom stereocenters. The smallest absolute Gasteiger partial charge is 0.240 e. The first-order chi connectivity index (χ1) is 13.6. The van der Waals surface area contributed by atoms with Crippen molar-refractivity contribution in [3.8, 4) is 6.07 Å². The third-order valence-electron chi connectivity index (χ3n) is 5.28. The van der Waals surface area contributed by atoms with E-state index in [4.69, 9.17) is 0 Å². The number of ketones is 1. The lowest BCUT2D eigenvalue weighted by atomic mass is 9.81. The number of carbonyl (C=O) groups excluding carboxylic acids is 2. The van der Waals surface area contributed by atoms with Crippen molar-refractivity contribution in [2.45, 2.75) is 31.6 Å². The van der Waals surface area contributed by atoms with Crippen LogP contribution in [0.15, 0.2) is 59.1 Å². The van der Waals surface area contributed by atoms with Gasteiger partial charge in [0.15, 0.2) is 5.78 Å². The Morgan fingerprint density at radius 2 is 1.64 bits per heavy atom. The van der Waals surface area contributed by atoms with Gasteiger partial charge in [-0.25, -0.2) is 0 Å². The average molecular weight is 439 g/mol. The van der Waals surface area contributed by atoms with Gasteiger partial charge in [-0.05, 0) is 30.9 Å². The summed E-state index contributed by atoms with van der Waals surface area (Å²) in [6.07, 6.45) is 3.16. The van der Waals surface area contributed by atoms with Gasteiger partial charge in [0, 0.05) is 35.5 Å². The minimum atomic E-state index is -0.885. The molecule has 144 valence electrons. The molecule has 1 aliphatic rings. The maximum Gasteiger partial charge on any atom is 0.240 e. The number of carbonyl (C=O) groups is 2. The van der Waals surface area contributed by atoms with Crippen LogP contribution in [0.3, 0.4) is 0 Å². The van der Waals surface area contributed by atoms with Gasteiger partial charge in [0.2, 0.25) is 5.91 Å². The molecule has 0 spiro atoms. The molecule has 0 bridgehead atoms. The summed E-state index contributed by atoms with van der Waals surface area (Å²) in [7, 11) is 0. The summed E-state index contributed by atoms with van der Waals surface area (Å²) in [5.41, 5.74) is 1.42. The van der Waals surface area contributed by atoms with Crippen LogP contribution in [0.2, 0.25) is 0 Å². The van der Waals surface area contributed by atoms with E-state index in [0.29, 0.717) is 18.7 Å². The van der Waals surface area contributed by atoms with E-state index in [1.807, 2.05) is 42.5 Å². The molecular formula is C23H23BrN2O2. The molecule has 28 heavy (non-hydrogen) atoms. The SMILES string of the molecule is N#CC(C(=O)N1CCCCC1)C(CC(=O)c1ccccc1)c1ccccc1Br. The van der Waals surface area contributed by atoms with Gasteiger partial charge in [0.05, 0.1) is 6.07 Å². The lowest BCUT2D eigenvalue weighted by Gasteiger charge is -2.31. The highest BCUT2D eigenvalue weighted by Crippen LogP contribution is 2.35. The van der Waals surface area contributed by atoms with Crippen molar-refractivity contribution < 1.29 is 9.59 Å². The van der Waals surface area contributed by atoms with Crippen molar-refractivity contribution in [2.75, 3.05) is 13.1 Å². The first-order valence-corrected chi connectivity index (χ1v) is 10.4. The highest BCUT2D eigenvalue weighted by atomic mass is 79.9. The van der Waals surface area contributed by atoms with Gasteiger partial charge in [-0.1, -0.05) is 64.5 Å². The predicted octanol–water partition coefficient (Wildman–Crippen LogP) is 4.96. The van der Waals surface area contributed by atoms with E-state index >= 15 is 0 Å². The lowest BCUT2D eigenvalue weighted by molar-refractivity contribution is -0.135. The fourth-order valence-electron chi connectivity index (χ4n) is 3.75. The number of nitrogens with zero attached hydrogens (tertiary/aromatic N) is 2. The lowest BCUT2D eigenvalue weighted by Crippen LogP contribution is -2.41. The molecule has 3 rings (SSSR count). The quantitative estimate of drug-likeness (QED) is 0.598. The second kappa shape index (κ2) is 9.66. The normalized spacial score (nSPS) is 16.1. The molecule has 0 saturated carbocycles. The van der Waals surface area contributed by atoms with Crippen molar-refractivity contribution in [3.63, 3.8) is 0 Å². The molecule has 0 N–H and O–H groups in total. The Labute approximate surface area is 174 Å². The van der Waals surface area contributed by atoms with Gasteiger partial charge in [-0.2, -0.15) is 5.26 Å². The van der Waals surface area contributed by atoms with Crippen LogP contribution in [0.25, 0.3) is 0 Å². The van der Waals surface area contributed by atoms with E-state index in [1.54, 1.807) is 17.0 Å². The summed E-state index contributed by atoms with van der Waals surface area (Å²) >= 11 is 3.54. The monoisotopic (exact) mass is 438 g/mol. The molecule has 1 aliphatic heterocycles. The number of piperidine rings is 1. The van der Waals surface area contributed by atoms with Crippen LogP contribution in [0, 0.1) is 17.2 Å². The van der Waals surface area contributed by atoms with Crippen LogP contribution < -0.4 is 0 Å². The summed E-state index contributed by atoms with van der Waals surface area (Å²) in [6.45, 7) is 1.37. The van der Waals surface area contributed by atoms with Gasteiger partial charge >= 0.3 is 0 Å². The van der Waals surface area contributed by atoms with E-state index in [2.05, 4.69) is 22.0 Å². The highest BCUT2D eigenvalue weighted by molar-refractivity contribution is 9.10. The zero-order valence-electron chi connectivity index (χ0n) is 15.7. The van der Waals surface area contributed by atoms with Gasteiger partial charge in [-0.15, -0.1) is 0 Å². The van der Waals surface area contributed by atoms with E-state index in [1.165, 1.54) is 0 Å². The van der Waals surface area contributed by atoms with Crippen LogP contribution in [-0.4, -0.2) is 29.7 Å². The summed E-state index contributed by atoms with van der Waals surface area (Å²) in [5.74, 6) is -1.61. The van der Waals surface area contributed by atoms with Crippen LogP contribution in [0.5, 0.6) is 0 Å². The minimum absolute atomic E-state index is 0.0620. The van der Waals surface area contributed by atoms with Crippen molar-refractivity contribution in [2.24, 2.45) is 5.92 Å². The Bertz CT molecular complexity index is 870. The summed E-state index contributed by atoms with van der Waals surface area (Å²) < 4.78 is 0.813. The highest BCUT2D eigenvalue weighted by Gasteiger charge is 2.35. The second-order valence-electron chi connectivity index (χ2n) is 7.11. The predicted molar refractivity (Wildman–Crippen MR) is 112 cm³/mol. The van der Waals surface area contributed by atoms with E-state index < -0.39 is 11.8 Å². The summed E-state index contributed by atoms with van der Waals surface area (Å²) in [4.78, 5) is 27.8. The summed E-state index contributed by atoms with van der Waals surface area (Å²) in [5, 5.41) is 9.91. The molecule has 1 amide bonds. The number of benzene rings is 2. The molecule has 1 heterocycles. The van der Waals surface area contributed by atoms with Crippen LogP contribution in [-0.2, 0) is 4.79 Å². The van der Waals surface area contributed by atoms with E-state index in [-0.39, 0.29) is 18.1 Å². The molecule has 0 radical (unpaired) electrons. The Kier molecular flexibility index (Phi) is 7.00. The fourth-order valence-corrected chi connectivity index (χ4v) is 4.33. The maximum absolute atomic E-state index is 13.2. The Morgan fingerprint density at radius 3 is 2.29 bits per heavy atom. The molecule has 0 aromatic heterocycles. The van der Waals surface area contributed by atoms with Crippen molar-refractivity contribution in [3.05, 3.63) is 70.2 Å². The molecular weight excluding hydrogens is 416 g/mol. The molecule has 1 saturated heterocycles. The second-order valence-corrected chi connectivity index (χ2v) is 7.97. The molecule has 5 heteroatoms. The molecule has 2 aromatic carbocycles. The minimum Gasteiger partial charge on any atom is -0.342 e. The van der Waals surface area contributed by atoms with Crippen molar-refractivity contribution in [1.82, 2.24) is 4.90 Å². The molecule has 0 aliphatic carbocycles. The zero-order valence-corrected chi connectivity index (χ0v) is 17.3. The first-order valence-electron chi connectivity index (χ1n) is 9.63. The number of hydrogen-bond donors (Lipinski definition) is 0. The number of hydrogen-bond acceptors (Lipinski definition) is 3. The third-order valence-corrected chi connectivity index (χ3v) is 6.00. The first kappa shape index (κ1) is 20.3. The molecule has 2 atom stereocenters. The largest absolute Gasteiger partial charge is 0.342 e. The number of nitriles is 1. The van der Waals surface area contributed by atoms with Gasteiger partial charge in [-0.3, -0.25) is 9.59 Å². The van der Waals surface area contributed by atoms with Crippen LogP contribution in [0.4, 0.5) is 0 Å². The van der Waals surface area contributed by atoms with Crippen molar-refractivity contribution in [1.29, 1.82) is 5.26 Å². The van der Waals surface area contributed by atoms with Crippen LogP contribution >= 0.6 is 15.9 Å². The summed E-state index contributed by atoms with van der Waals surface area (Å²) in [6, 6.07) is 18.8. The topological polar surface area (TPSA) is 61.2 Å². The number of Topliss-reactive ketones (excluding diaryl/α,β-unsaturated/α-hetero) is 1. The fraction of sp³-hybridized carbons (Fsp3) is 0.348. The van der Waals surface area contributed by atoms with Crippen LogP contribution in [0.1, 0.15) is 47.5 Å². The zero-order chi connectivity index (χ0) is 19.9. The number of likely N-dealkylation sites (tertiary alicyclic amines) is 1. The average Bonchev–Trinajstić information content (AvgIpc) is 2.75. The number of rotatable bonds is 6. The standard InChI is InChI=1S/C23H23BrN2O2/c24-21-12-6-5-11-18(21)19(15-22(27)17-9-3-1-4-10-17)20(16-25)23(28)26-13-7-2-8-14-26/h1,3-6,9-12,19-20H,2,7-8,13-15H2. The molecule has 4 nitrogen and oxygen atoms in total. The number of amides is 1. The molecule has 1 fully saturated rings. The van der Waals surface area contributed by atoms with Gasteiger partial charge in [0.1, 0.15) is 5.92 Å². The van der Waals surface area contributed by atoms with Gasteiger partial charge in [0.25, 0.3) is 0 Å². The number of halogens is 1. The molecule has 2 aromatic rings. The third kappa shape index (κ3) is 4.69. The Hall–Kier alpha value is -2.45. The van der Waals surface area contributed by atoms with E-state index in [9.17, 15) is 14.9 Å². The Balaban J connectivity index is 1.92. The Morgan fingerprint density at radius 1 is 1.00 bits per heavy atom.